The smallest absolute Gasteiger partial charge is 0.225 e. The second kappa shape index (κ2) is 7.30. The molecule has 1 aromatic heterocycles. The quantitative estimate of drug-likeness (QED) is 0.844. The molecule has 2 unspecified atom stereocenters. The number of likely N-dealkylation sites (tertiary alicyclic amines) is 1. The van der Waals surface area contributed by atoms with E-state index in [2.05, 4.69) is 26.7 Å². The molecule has 1 saturated carbocycles. The van der Waals surface area contributed by atoms with Crippen LogP contribution in [0.25, 0.3) is 0 Å². The fourth-order valence-electron chi connectivity index (χ4n) is 4.85. The van der Waals surface area contributed by atoms with Crippen LogP contribution in [0.2, 0.25) is 0 Å². The maximum Gasteiger partial charge on any atom is 0.225 e. The summed E-state index contributed by atoms with van der Waals surface area (Å²) in [5, 5.41) is 0. The third-order valence-electron chi connectivity index (χ3n) is 6.54. The highest BCUT2D eigenvalue weighted by molar-refractivity contribution is 5.76. The molecule has 1 aromatic rings. The van der Waals surface area contributed by atoms with Crippen LogP contribution >= 0.6 is 0 Å². The topological polar surface area (TPSA) is 49.3 Å². The zero-order valence-electron chi connectivity index (χ0n) is 15.4. The first kappa shape index (κ1) is 16.8. The zero-order chi connectivity index (χ0) is 17.2. The number of amides is 1. The fourth-order valence-corrected chi connectivity index (χ4v) is 4.85. The van der Waals surface area contributed by atoms with Crippen LogP contribution in [-0.4, -0.2) is 47.0 Å². The molecule has 5 heteroatoms. The molecule has 2 aliphatic heterocycles. The number of carbonyl (C=O) groups is 1. The fraction of sp³-hybridized carbons (Fsp3) is 0.750. The summed E-state index contributed by atoms with van der Waals surface area (Å²) < 4.78 is 0. The molecule has 1 amide bonds. The van der Waals surface area contributed by atoms with Crippen LogP contribution in [0.15, 0.2) is 12.4 Å². The molecule has 136 valence electrons. The van der Waals surface area contributed by atoms with Gasteiger partial charge in [0.25, 0.3) is 0 Å². The summed E-state index contributed by atoms with van der Waals surface area (Å²) in [4.78, 5) is 26.1. The predicted octanol–water partition coefficient (Wildman–Crippen LogP) is 2.90. The molecule has 3 aliphatic rings. The van der Waals surface area contributed by atoms with Crippen molar-refractivity contribution in [2.45, 2.75) is 51.9 Å². The highest BCUT2D eigenvalue weighted by atomic mass is 16.2. The number of hydrogen-bond acceptors (Lipinski definition) is 4. The van der Waals surface area contributed by atoms with Gasteiger partial charge in [-0.05, 0) is 55.4 Å². The Bertz CT molecular complexity index is 582. The molecule has 0 spiro atoms. The first-order valence-corrected chi connectivity index (χ1v) is 10.1. The van der Waals surface area contributed by atoms with Crippen molar-refractivity contribution >= 4 is 11.9 Å². The third-order valence-corrected chi connectivity index (χ3v) is 6.54. The SMILES string of the molecule is CCc1cnc(N2CCC(CC(=O)N3CC4CCCC4C3)CC2)nc1. The monoisotopic (exact) mass is 342 g/mol. The van der Waals surface area contributed by atoms with Gasteiger partial charge in [0.2, 0.25) is 11.9 Å². The highest BCUT2D eigenvalue weighted by Crippen LogP contribution is 2.38. The predicted molar refractivity (Wildman–Crippen MR) is 98.4 cm³/mol. The van der Waals surface area contributed by atoms with Crippen LogP contribution < -0.4 is 4.90 Å². The van der Waals surface area contributed by atoms with Crippen LogP contribution in [0.3, 0.4) is 0 Å². The number of piperidine rings is 1. The zero-order valence-corrected chi connectivity index (χ0v) is 15.4. The van der Waals surface area contributed by atoms with Crippen LogP contribution in [0.5, 0.6) is 0 Å². The summed E-state index contributed by atoms with van der Waals surface area (Å²) in [5.74, 6) is 3.37. The Kier molecular flexibility index (Phi) is 4.91. The molecular weight excluding hydrogens is 312 g/mol. The minimum absolute atomic E-state index is 0.399. The van der Waals surface area contributed by atoms with Crippen molar-refractivity contribution < 1.29 is 4.79 Å². The number of aryl methyl sites for hydroxylation is 1. The van der Waals surface area contributed by atoms with Crippen molar-refractivity contribution in [3.05, 3.63) is 18.0 Å². The Morgan fingerprint density at radius 3 is 2.32 bits per heavy atom. The number of anilines is 1. The summed E-state index contributed by atoms with van der Waals surface area (Å²) >= 11 is 0. The van der Waals surface area contributed by atoms with E-state index in [1.165, 1.54) is 24.8 Å². The van der Waals surface area contributed by atoms with E-state index in [9.17, 15) is 4.79 Å². The summed E-state index contributed by atoms with van der Waals surface area (Å²) in [7, 11) is 0. The van der Waals surface area contributed by atoms with Gasteiger partial charge in [0, 0.05) is 45.0 Å². The summed E-state index contributed by atoms with van der Waals surface area (Å²) in [6, 6.07) is 0. The van der Waals surface area contributed by atoms with E-state index >= 15 is 0 Å². The molecule has 3 heterocycles. The van der Waals surface area contributed by atoms with Crippen molar-refractivity contribution in [3.63, 3.8) is 0 Å². The Balaban J connectivity index is 1.25. The van der Waals surface area contributed by atoms with E-state index in [-0.39, 0.29) is 0 Å². The first-order chi connectivity index (χ1) is 12.2. The lowest BCUT2D eigenvalue weighted by Crippen LogP contribution is -2.37. The van der Waals surface area contributed by atoms with Crippen LogP contribution in [0.1, 0.15) is 51.0 Å². The Hall–Kier alpha value is -1.65. The van der Waals surface area contributed by atoms with E-state index in [0.717, 1.165) is 69.6 Å². The second-order valence-corrected chi connectivity index (χ2v) is 8.13. The lowest BCUT2D eigenvalue weighted by atomic mass is 9.93. The molecule has 1 aliphatic carbocycles. The number of nitrogens with zero attached hydrogens (tertiary/aromatic N) is 4. The lowest BCUT2D eigenvalue weighted by Gasteiger charge is -2.32. The molecule has 5 nitrogen and oxygen atoms in total. The van der Waals surface area contributed by atoms with E-state index in [1.807, 2.05) is 12.4 Å². The minimum atomic E-state index is 0.399. The molecule has 0 bridgehead atoms. The van der Waals surface area contributed by atoms with Gasteiger partial charge in [-0.1, -0.05) is 13.3 Å². The van der Waals surface area contributed by atoms with E-state index in [1.54, 1.807) is 0 Å². The van der Waals surface area contributed by atoms with Crippen molar-refractivity contribution in [1.82, 2.24) is 14.9 Å². The largest absolute Gasteiger partial charge is 0.342 e. The first-order valence-electron chi connectivity index (χ1n) is 10.1. The van der Waals surface area contributed by atoms with Gasteiger partial charge < -0.3 is 9.80 Å². The molecule has 4 rings (SSSR count). The third kappa shape index (κ3) is 3.65. The second-order valence-electron chi connectivity index (χ2n) is 8.13. The van der Waals surface area contributed by atoms with Gasteiger partial charge in [-0.2, -0.15) is 0 Å². The van der Waals surface area contributed by atoms with Gasteiger partial charge in [0.05, 0.1) is 0 Å². The van der Waals surface area contributed by atoms with Gasteiger partial charge in [-0.15, -0.1) is 0 Å². The van der Waals surface area contributed by atoms with Crippen LogP contribution in [0.4, 0.5) is 5.95 Å². The van der Waals surface area contributed by atoms with E-state index < -0.39 is 0 Å². The van der Waals surface area contributed by atoms with Crippen molar-refractivity contribution in [2.75, 3.05) is 31.1 Å². The summed E-state index contributed by atoms with van der Waals surface area (Å²) in [5.41, 5.74) is 1.18. The molecule has 0 aromatic carbocycles. The molecule has 0 radical (unpaired) electrons. The van der Waals surface area contributed by atoms with Crippen LogP contribution in [0, 0.1) is 17.8 Å². The Labute approximate surface area is 150 Å². The number of rotatable bonds is 4. The summed E-state index contributed by atoms with van der Waals surface area (Å²) in [6.45, 7) is 6.11. The molecule has 3 fully saturated rings. The number of fused-ring (bicyclic) bond motifs is 1. The number of hydrogen-bond donors (Lipinski definition) is 0. The van der Waals surface area contributed by atoms with Gasteiger partial charge in [-0.3, -0.25) is 4.79 Å². The normalized spacial score (nSPS) is 26.9. The average molecular weight is 342 g/mol. The van der Waals surface area contributed by atoms with Gasteiger partial charge in [0.1, 0.15) is 0 Å². The number of aromatic nitrogens is 2. The van der Waals surface area contributed by atoms with Crippen molar-refractivity contribution in [2.24, 2.45) is 17.8 Å². The molecule has 25 heavy (non-hydrogen) atoms. The van der Waals surface area contributed by atoms with Crippen LogP contribution in [-0.2, 0) is 11.2 Å². The highest BCUT2D eigenvalue weighted by Gasteiger charge is 2.38. The van der Waals surface area contributed by atoms with Crippen molar-refractivity contribution in [3.8, 4) is 0 Å². The lowest BCUT2D eigenvalue weighted by molar-refractivity contribution is -0.131. The summed E-state index contributed by atoms with van der Waals surface area (Å²) in [6.07, 6.45) is 11.8. The average Bonchev–Trinajstić information content (AvgIpc) is 3.24. The van der Waals surface area contributed by atoms with Gasteiger partial charge >= 0.3 is 0 Å². The Morgan fingerprint density at radius 2 is 1.72 bits per heavy atom. The minimum Gasteiger partial charge on any atom is -0.342 e. The van der Waals surface area contributed by atoms with E-state index in [0.29, 0.717) is 11.8 Å². The molecular formula is C20H30N4O. The molecule has 2 atom stereocenters. The molecule has 2 saturated heterocycles. The maximum atomic E-state index is 12.7. The Morgan fingerprint density at radius 1 is 1.08 bits per heavy atom. The standard InChI is InChI=1S/C20H30N4O/c1-2-15-11-21-20(22-12-15)23-8-6-16(7-9-23)10-19(25)24-13-17-4-3-5-18(17)14-24/h11-12,16-18H,2-10,13-14H2,1H3. The van der Waals surface area contributed by atoms with Gasteiger partial charge in [-0.25, -0.2) is 9.97 Å². The van der Waals surface area contributed by atoms with Gasteiger partial charge in [0.15, 0.2) is 0 Å². The van der Waals surface area contributed by atoms with E-state index in [4.69, 9.17) is 0 Å². The number of carbonyl (C=O) groups excluding carboxylic acids is 1. The molecule has 0 N–H and O–H groups in total. The van der Waals surface area contributed by atoms with Crippen molar-refractivity contribution in [1.29, 1.82) is 0 Å². The maximum absolute atomic E-state index is 12.7.